The zero-order valence-corrected chi connectivity index (χ0v) is 11.6. The maximum Gasteiger partial charge on any atom is 0.0594 e. The third-order valence-electron chi connectivity index (χ3n) is 3.75. The molecule has 0 aromatic rings. The Morgan fingerprint density at radius 1 is 1.18 bits per heavy atom. The van der Waals surface area contributed by atoms with Crippen LogP contribution in [0.4, 0.5) is 0 Å². The Labute approximate surface area is 106 Å². The quantitative estimate of drug-likeness (QED) is 0.581. The van der Waals surface area contributed by atoms with E-state index in [0.29, 0.717) is 0 Å². The number of ether oxygens (including phenoxy) is 2. The van der Waals surface area contributed by atoms with Crippen LogP contribution in [-0.4, -0.2) is 51.5 Å². The molecule has 1 aliphatic heterocycles. The first-order valence-corrected chi connectivity index (χ1v) is 7.15. The van der Waals surface area contributed by atoms with Gasteiger partial charge in [0.25, 0.3) is 0 Å². The van der Waals surface area contributed by atoms with Crippen LogP contribution in [0, 0.1) is 5.92 Å². The van der Waals surface area contributed by atoms with Crippen molar-refractivity contribution in [3.8, 4) is 0 Å². The van der Waals surface area contributed by atoms with Gasteiger partial charge in [0.05, 0.1) is 13.2 Å². The van der Waals surface area contributed by atoms with Crippen LogP contribution in [0.5, 0.6) is 0 Å². The Morgan fingerprint density at radius 3 is 2.59 bits per heavy atom. The summed E-state index contributed by atoms with van der Waals surface area (Å²) < 4.78 is 10.5. The van der Waals surface area contributed by atoms with Gasteiger partial charge in [0.2, 0.25) is 0 Å². The van der Waals surface area contributed by atoms with Crippen molar-refractivity contribution in [3.05, 3.63) is 0 Å². The lowest BCUT2D eigenvalue weighted by Gasteiger charge is -2.26. The molecule has 1 saturated heterocycles. The van der Waals surface area contributed by atoms with E-state index in [4.69, 9.17) is 9.47 Å². The summed E-state index contributed by atoms with van der Waals surface area (Å²) in [6.07, 6.45) is 6.58. The lowest BCUT2D eigenvalue weighted by molar-refractivity contribution is 0.0369. The van der Waals surface area contributed by atoms with Crippen molar-refractivity contribution >= 4 is 0 Å². The maximum absolute atomic E-state index is 5.35. The van der Waals surface area contributed by atoms with Crippen LogP contribution < -0.4 is 0 Å². The lowest BCUT2D eigenvalue weighted by Crippen LogP contribution is -2.36. The molecule has 1 aliphatic rings. The summed E-state index contributed by atoms with van der Waals surface area (Å²) in [6.45, 7) is 8.56. The highest BCUT2D eigenvalue weighted by atomic mass is 16.5. The van der Waals surface area contributed by atoms with Crippen molar-refractivity contribution in [1.29, 1.82) is 0 Å². The fourth-order valence-electron chi connectivity index (χ4n) is 2.43. The molecule has 0 aromatic carbocycles. The molecule has 1 fully saturated rings. The van der Waals surface area contributed by atoms with Crippen molar-refractivity contribution in [1.82, 2.24) is 4.90 Å². The van der Waals surface area contributed by atoms with E-state index in [0.717, 1.165) is 38.8 Å². The average Bonchev–Trinajstić information content (AvgIpc) is 2.39. The number of nitrogens with zero attached hydrogens (tertiary/aromatic N) is 1. The van der Waals surface area contributed by atoms with E-state index in [1.54, 1.807) is 7.11 Å². The second-order valence-corrected chi connectivity index (χ2v) is 5.01. The molecule has 0 spiro atoms. The predicted molar refractivity (Wildman–Crippen MR) is 71.4 cm³/mol. The summed E-state index contributed by atoms with van der Waals surface area (Å²) in [5.74, 6) is 0.861. The summed E-state index contributed by atoms with van der Waals surface area (Å²) in [5.41, 5.74) is 0. The first-order valence-electron chi connectivity index (χ1n) is 7.15. The molecule has 0 aromatic heterocycles. The van der Waals surface area contributed by atoms with Gasteiger partial charge in [-0.05, 0) is 25.3 Å². The molecule has 0 amide bonds. The molecule has 3 nitrogen and oxygen atoms in total. The monoisotopic (exact) mass is 243 g/mol. The fraction of sp³-hybridized carbons (Fsp3) is 1.00. The first-order chi connectivity index (χ1) is 8.36. The van der Waals surface area contributed by atoms with E-state index < -0.39 is 0 Å². The average molecular weight is 243 g/mol. The largest absolute Gasteiger partial charge is 0.385 e. The molecule has 1 heterocycles. The Kier molecular flexibility index (Phi) is 8.67. The van der Waals surface area contributed by atoms with E-state index in [2.05, 4.69) is 11.8 Å². The minimum Gasteiger partial charge on any atom is -0.385 e. The third-order valence-corrected chi connectivity index (χ3v) is 3.75. The Morgan fingerprint density at radius 2 is 1.94 bits per heavy atom. The third kappa shape index (κ3) is 7.02. The van der Waals surface area contributed by atoms with Gasteiger partial charge in [-0.3, -0.25) is 4.90 Å². The van der Waals surface area contributed by atoms with Gasteiger partial charge < -0.3 is 9.47 Å². The zero-order valence-electron chi connectivity index (χ0n) is 11.6. The van der Waals surface area contributed by atoms with Gasteiger partial charge >= 0.3 is 0 Å². The Hall–Kier alpha value is -0.120. The molecule has 0 N–H and O–H groups in total. The fourth-order valence-corrected chi connectivity index (χ4v) is 2.43. The molecule has 3 heteroatoms. The van der Waals surface area contributed by atoms with Gasteiger partial charge in [-0.2, -0.15) is 0 Å². The van der Waals surface area contributed by atoms with E-state index in [9.17, 15) is 0 Å². The summed E-state index contributed by atoms with van der Waals surface area (Å²) in [5, 5.41) is 0. The molecular weight excluding hydrogens is 214 g/mol. The molecule has 0 radical (unpaired) electrons. The van der Waals surface area contributed by atoms with E-state index >= 15 is 0 Å². The van der Waals surface area contributed by atoms with Gasteiger partial charge in [-0.15, -0.1) is 0 Å². The van der Waals surface area contributed by atoms with E-state index in [1.807, 2.05) is 0 Å². The molecule has 0 aliphatic carbocycles. The molecule has 0 bridgehead atoms. The first kappa shape index (κ1) is 14.9. The minimum atomic E-state index is 0.861. The normalized spacial score (nSPS) is 19.4. The predicted octanol–water partition coefficient (Wildman–Crippen LogP) is 2.55. The second kappa shape index (κ2) is 9.86. The molecular formula is C14H29NO2. The van der Waals surface area contributed by atoms with Gasteiger partial charge in [-0.1, -0.05) is 26.2 Å². The minimum absolute atomic E-state index is 0.861. The molecule has 0 saturated carbocycles. The standard InChI is InChI=1S/C14H29NO2/c1-3-14(7-11-16-2)6-4-5-8-15-9-12-17-13-10-15/h14H,3-13H2,1-2H3/t14-/m1/s1. The number of rotatable bonds is 9. The van der Waals surface area contributed by atoms with Crippen LogP contribution in [-0.2, 0) is 9.47 Å². The number of hydrogen-bond acceptors (Lipinski definition) is 3. The highest BCUT2D eigenvalue weighted by Crippen LogP contribution is 2.16. The zero-order chi connectivity index (χ0) is 12.3. The molecule has 17 heavy (non-hydrogen) atoms. The maximum atomic E-state index is 5.35. The summed E-state index contributed by atoms with van der Waals surface area (Å²) in [7, 11) is 1.80. The van der Waals surface area contributed by atoms with E-state index in [1.165, 1.54) is 38.6 Å². The summed E-state index contributed by atoms with van der Waals surface area (Å²) in [6, 6.07) is 0. The SMILES string of the molecule is CC[C@H](CCCCN1CCOCC1)CCOC. The van der Waals surface area contributed by atoms with Gasteiger partial charge in [0.15, 0.2) is 0 Å². The van der Waals surface area contributed by atoms with E-state index in [-0.39, 0.29) is 0 Å². The summed E-state index contributed by atoms with van der Waals surface area (Å²) >= 11 is 0. The Balaban J connectivity index is 1.97. The van der Waals surface area contributed by atoms with Crippen LogP contribution in [0.2, 0.25) is 0 Å². The Bertz CT molecular complexity index is 170. The van der Waals surface area contributed by atoms with Crippen LogP contribution in [0.3, 0.4) is 0 Å². The topological polar surface area (TPSA) is 21.7 Å². The number of hydrogen-bond donors (Lipinski definition) is 0. The number of unbranched alkanes of at least 4 members (excludes halogenated alkanes) is 1. The number of morpholine rings is 1. The molecule has 1 rings (SSSR count). The van der Waals surface area contributed by atoms with Crippen molar-refractivity contribution in [2.24, 2.45) is 5.92 Å². The second-order valence-electron chi connectivity index (χ2n) is 5.01. The van der Waals surface area contributed by atoms with Crippen molar-refractivity contribution in [2.75, 3.05) is 46.6 Å². The van der Waals surface area contributed by atoms with Gasteiger partial charge in [0.1, 0.15) is 0 Å². The van der Waals surface area contributed by atoms with Crippen LogP contribution >= 0.6 is 0 Å². The van der Waals surface area contributed by atoms with Crippen LogP contribution in [0.15, 0.2) is 0 Å². The van der Waals surface area contributed by atoms with Crippen LogP contribution in [0.25, 0.3) is 0 Å². The number of methoxy groups -OCH3 is 1. The van der Waals surface area contributed by atoms with Crippen LogP contribution in [0.1, 0.15) is 39.0 Å². The van der Waals surface area contributed by atoms with Crippen molar-refractivity contribution < 1.29 is 9.47 Å². The molecule has 1 atom stereocenters. The lowest BCUT2D eigenvalue weighted by atomic mass is 9.96. The van der Waals surface area contributed by atoms with Crippen molar-refractivity contribution in [3.63, 3.8) is 0 Å². The molecule has 0 unspecified atom stereocenters. The summed E-state index contributed by atoms with van der Waals surface area (Å²) in [4.78, 5) is 2.53. The van der Waals surface area contributed by atoms with Gasteiger partial charge in [-0.25, -0.2) is 0 Å². The molecule has 102 valence electrons. The van der Waals surface area contributed by atoms with Crippen molar-refractivity contribution in [2.45, 2.75) is 39.0 Å². The highest BCUT2D eigenvalue weighted by molar-refractivity contribution is 4.63. The smallest absolute Gasteiger partial charge is 0.0594 e. The highest BCUT2D eigenvalue weighted by Gasteiger charge is 2.10. The van der Waals surface area contributed by atoms with Gasteiger partial charge in [0, 0.05) is 26.8 Å².